The Kier molecular flexibility index (Phi) is 9.54. The Labute approximate surface area is 216 Å². The minimum atomic E-state index is -4.58. The number of imidazole rings is 1. The van der Waals surface area contributed by atoms with E-state index >= 15 is 0 Å². The van der Waals surface area contributed by atoms with Gasteiger partial charge in [0.2, 0.25) is 6.41 Å². The summed E-state index contributed by atoms with van der Waals surface area (Å²) in [6.07, 6.45) is -3.40. The van der Waals surface area contributed by atoms with Crippen LogP contribution in [0.4, 0.5) is 19.0 Å². The summed E-state index contributed by atoms with van der Waals surface area (Å²) in [7, 11) is 1.56. The van der Waals surface area contributed by atoms with E-state index in [0.29, 0.717) is 30.2 Å². The van der Waals surface area contributed by atoms with Crippen molar-refractivity contribution < 1.29 is 32.2 Å². The minimum absolute atomic E-state index is 0.0120. The predicted octanol–water partition coefficient (Wildman–Crippen LogP) is 5.46. The van der Waals surface area contributed by atoms with Crippen LogP contribution in [-0.4, -0.2) is 53.6 Å². The monoisotopic (exact) mass is 538 g/mol. The van der Waals surface area contributed by atoms with E-state index in [-0.39, 0.29) is 36.4 Å². The number of nitrogens with zero attached hydrogens (tertiary/aromatic N) is 3. The van der Waals surface area contributed by atoms with Gasteiger partial charge in [-0.05, 0) is 42.3 Å². The lowest BCUT2D eigenvalue weighted by atomic mass is 10.2. The molecular weight excluding hydrogens is 513 g/mol. The van der Waals surface area contributed by atoms with Crippen molar-refractivity contribution in [2.45, 2.75) is 26.1 Å². The molecule has 0 fully saturated rings. The number of ether oxygens (including phenoxy) is 2. The van der Waals surface area contributed by atoms with Gasteiger partial charge in [-0.3, -0.25) is 14.2 Å². The molecule has 1 heterocycles. The molecule has 0 saturated heterocycles. The number of amides is 2. The fraction of sp³-hybridized carbons (Fsp3) is 0.320. The number of hydrogen-bond acceptors (Lipinski definition) is 5. The van der Waals surface area contributed by atoms with Crippen molar-refractivity contribution in [3.8, 4) is 11.8 Å². The summed E-state index contributed by atoms with van der Waals surface area (Å²) in [5.74, 6) is -0.739. The third-order valence-electron chi connectivity index (χ3n) is 5.22. The van der Waals surface area contributed by atoms with Crippen molar-refractivity contribution in [3.05, 3.63) is 70.4 Å². The lowest BCUT2D eigenvalue weighted by molar-refractivity contribution is -0.137. The van der Waals surface area contributed by atoms with Crippen LogP contribution in [0.25, 0.3) is 0 Å². The van der Waals surface area contributed by atoms with E-state index < -0.39 is 17.6 Å². The number of alkyl halides is 3. The van der Waals surface area contributed by atoms with Crippen LogP contribution in [0.2, 0.25) is 5.02 Å². The maximum absolute atomic E-state index is 13.4. The Morgan fingerprint density at radius 3 is 2.57 bits per heavy atom. The molecule has 0 saturated carbocycles. The van der Waals surface area contributed by atoms with Crippen LogP contribution in [0.15, 0.2) is 48.5 Å². The van der Waals surface area contributed by atoms with Crippen molar-refractivity contribution >= 4 is 29.7 Å². The van der Waals surface area contributed by atoms with Crippen LogP contribution in [-0.2, 0) is 22.3 Å². The molecule has 198 valence electrons. The Morgan fingerprint density at radius 1 is 1.19 bits per heavy atom. The normalized spacial score (nSPS) is 11.3. The van der Waals surface area contributed by atoms with Gasteiger partial charge in [0.15, 0.2) is 11.5 Å². The number of anilines is 1. The maximum atomic E-state index is 13.4. The van der Waals surface area contributed by atoms with E-state index in [0.717, 1.165) is 18.6 Å². The smallest absolute Gasteiger partial charge is 0.416 e. The summed E-state index contributed by atoms with van der Waals surface area (Å²) in [6, 6.07) is 10.9. The summed E-state index contributed by atoms with van der Waals surface area (Å²) >= 11 is 5.99. The first-order valence-corrected chi connectivity index (χ1v) is 11.7. The highest BCUT2D eigenvalue weighted by molar-refractivity contribution is 6.30. The van der Waals surface area contributed by atoms with E-state index in [1.165, 1.54) is 21.6 Å². The third-order valence-corrected chi connectivity index (χ3v) is 5.47. The number of carbonyl (C=O) groups excluding carboxylic acids is 2. The first kappa shape index (κ1) is 28.0. The van der Waals surface area contributed by atoms with Gasteiger partial charge in [0, 0.05) is 25.2 Å². The van der Waals surface area contributed by atoms with Crippen molar-refractivity contribution in [3.63, 3.8) is 0 Å². The van der Waals surface area contributed by atoms with Crippen LogP contribution in [0.5, 0.6) is 11.8 Å². The number of carbonyl (C=O) groups is 2. The largest absolute Gasteiger partial charge is 0.425 e. The molecule has 12 heteroatoms. The molecule has 0 radical (unpaired) electrons. The first-order valence-electron chi connectivity index (χ1n) is 11.4. The van der Waals surface area contributed by atoms with Crippen LogP contribution in [0.3, 0.4) is 0 Å². The van der Waals surface area contributed by atoms with Crippen molar-refractivity contribution in [2.24, 2.45) is 0 Å². The van der Waals surface area contributed by atoms with E-state index in [2.05, 4.69) is 10.3 Å². The zero-order valence-corrected chi connectivity index (χ0v) is 21.0. The van der Waals surface area contributed by atoms with Crippen molar-refractivity contribution in [1.82, 2.24) is 14.5 Å². The Morgan fingerprint density at radius 2 is 1.92 bits per heavy atom. The van der Waals surface area contributed by atoms with Crippen LogP contribution in [0.1, 0.15) is 35.0 Å². The van der Waals surface area contributed by atoms with Crippen molar-refractivity contribution in [2.75, 3.05) is 32.1 Å². The number of benzene rings is 2. The van der Waals surface area contributed by atoms with Gasteiger partial charge in [-0.1, -0.05) is 36.7 Å². The minimum Gasteiger partial charge on any atom is -0.425 e. The Bertz CT molecular complexity index is 1220. The second-order valence-corrected chi connectivity index (χ2v) is 8.47. The topological polar surface area (TPSA) is 85.7 Å². The molecule has 0 bridgehead atoms. The summed E-state index contributed by atoms with van der Waals surface area (Å²) in [6.45, 7) is 3.12. The fourth-order valence-corrected chi connectivity index (χ4v) is 3.50. The van der Waals surface area contributed by atoms with Gasteiger partial charge in [0.25, 0.3) is 5.91 Å². The molecule has 3 aromatic rings. The molecule has 0 aliphatic rings. The van der Waals surface area contributed by atoms with Gasteiger partial charge >= 0.3 is 12.2 Å². The zero-order valence-electron chi connectivity index (χ0n) is 20.2. The van der Waals surface area contributed by atoms with Crippen LogP contribution >= 0.6 is 11.6 Å². The van der Waals surface area contributed by atoms with Gasteiger partial charge < -0.3 is 19.7 Å². The van der Waals surface area contributed by atoms with Gasteiger partial charge in [0.05, 0.1) is 18.7 Å². The quantitative estimate of drug-likeness (QED) is 0.244. The second kappa shape index (κ2) is 12.6. The second-order valence-electron chi connectivity index (χ2n) is 8.03. The molecule has 0 aliphatic heterocycles. The van der Waals surface area contributed by atoms with E-state index in [9.17, 15) is 22.8 Å². The first-order chi connectivity index (χ1) is 17.6. The average Bonchev–Trinajstić information content (AvgIpc) is 3.18. The molecule has 1 aromatic heterocycles. The lowest BCUT2D eigenvalue weighted by Crippen LogP contribution is -2.32. The molecule has 37 heavy (non-hydrogen) atoms. The van der Waals surface area contributed by atoms with Gasteiger partial charge in [-0.25, -0.2) is 0 Å². The molecule has 2 amide bonds. The molecule has 8 nitrogen and oxygen atoms in total. The Balaban J connectivity index is 2.04. The number of hydrogen-bond donors (Lipinski definition) is 1. The number of aromatic nitrogens is 2. The van der Waals surface area contributed by atoms with Gasteiger partial charge in [-0.15, -0.1) is 0 Å². The fourth-order valence-electron chi connectivity index (χ4n) is 3.37. The standard InChI is InChI=1S/C25H26ClF3N4O4/c1-3-12-36-13-11-32(2)23(35)21-22(30-16-34)31-24(33(21)15-17-7-9-19(26)10-8-17)37-20-6-4-5-18(14-20)25(27,28)29/h4-10,14,16H,3,11-13,15H2,1-2H3,(H,30,34). The SMILES string of the molecule is CCCOCCN(C)C(=O)c1c(NC=O)nc(Oc2cccc(C(F)(F)F)c2)n1Cc1ccc(Cl)cc1. The number of rotatable bonds is 12. The zero-order chi connectivity index (χ0) is 27.0. The number of likely N-dealkylation sites (N-methyl/N-ethyl adjacent to an activating group) is 1. The number of halogens is 4. The van der Waals surface area contributed by atoms with Crippen LogP contribution < -0.4 is 10.1 Å². The van der Waals surface area contributed by atoms with Gasteiger partial charge in [0.1, 0.15) is 5.75 Å². The highest BCUT2D eigenvalue weighted by atomic mass is 35.5. The van der Waals surface area contributed by atoms with E-state index in [4.69, 9.17) is 21.1 Å². The Hall–Kier alpha value is -3.57. The molecule has 0 aliphatic carbocycles. The molecule has 0 atom stereocenters. The molecule has 1 N–H and O–H groups in total. The summed E-state index contributed by atoms with van der Waals surface area (Å²) < 4.78 is 52.2. The predicted molar refractivity (Wildman–Crippen MR) is 132 cm³/mol. The molecular formula is C25H26ClF3N4O4. The van der Waals surface area contributed by atoms with Gasteiger partial charge in [-0.2, -0.15) is 18.2 Å². The maximum Gasteiger partial charge on any atom is 0.416 e. The molecule has 0 unspecified atom stereocenters. The van der Waals surface area contributed by atoms with Crippen LogP contribution in [0, 0.1) is 0 Å². The van der Waals surface area contributed by atoms with Crippen molar-refractivity contribution in [1.29, 1.82) is 0 Å². The highest BCUT2D eigenvalue weighted by Gasteiger charge is 2.31. The summed E-state index contributed by atoms with van der Waals surface area (Å²) in [5.41, 5.74) is -0.214. The average molecular weight is 539 g/mol. The van der Waals surface area contributed by atoms with E-state index in [1.54, 1.807) is 31.3 Å². The number of nitrogens with one attached hydrogen (secondary N) is 1. The summed E-state index contributed by atoms with van der Waals surface area (Å²) in [4.78, 5) is 30.4. The molecule has 2 aromatic carbocycles. The lowest BCUT2D eigenvalue weighted by Gasteiger charge is -2.19. The third kappa shape index (κ3) is 7.46. The molecule has 0 spiro atoms. The van der Waals surface area contributed by atoms with E-state index in [1.807, 2.05) is 6.92 Å². The molecule has 3 rings (SSSR count). The highest BCUT2D eigenvalue weighted by Crippen LogP contribution is 2.34. The summed E-state index contributed by atoms with van der Waals surface area (Å²) in [5, 5.41) is 2.89.